The van der Waals surface area contributed by atoms with E-state index < -0.39 is 0 Å². The average Bonchev–Trinajstić information content (AvgIpc) is 2.82. The zero-order valence-corrected chi connectivity index (χ0v) is 17.6. The number of aromatic nitrogens is 4. The molecular weight excluding hydrogens is 407 g/mol. The van der Waals surface area contributed by atoms with E-state index in [0.29, 0.717) is 11.8 Å². The Bertz CT molecular complexity index is 1260. The standard InChI is InChI=1S/C23H23FN8/c1-15-3-2-4-17-19(14-27-31-22(15)17)28-21-7-8-26-23(30-21)29-18-6-5-16(24)13-20(18)32-11-9-25-10-12-32/h2-8,13-14,25H,9-12H2,1H3,(H2,26,28,29,30,31). The lowest BCUT2D eigenvalue weighted by Gasteiger charge is -2.31. The van der Waals surface area contributed by atoms with Gasteiger partial charge in [-0.15, -0.1) is 0 Å². The second-order valence-electron chi connectivity index (χ2n) is 7.64. The fourth-order valence-corrected chi connectivity index (χ4v) is 3.85. The van der Waals surface area contributed by atoms with Crippen LogP contribution < -0.4 is 20.9 Å². The van der Waals surface area contributed by atoms with Crippen molar-refractivity contribution in [1.29, 1.82) is 0 Å². The number of benzene rings is 2. The maximum absolute atomic E-state index is 14.0. The van der Waals surface area contributed by atoms with Gasteiger partial charge in [-0.2, -0.15) is 15.2 Å². The molecule has 0 atom stereocenters. The Balaban J connectivity index is 1.42. The average molecular weight is 430 g/mol. The molecule has 2 aromatic heterocycles. The fourth-order valence-electron chi connectivity index (χ4n) is 3.85. The predicted molar refractivity (Wildman–Crippen MR) is 124 cm³/mol. The topological polar surface area (TPSA) is 90.9 Å². The van der Waals surface area contributed by atoms with Crippen LogP contribution in [0.3, 0.4) is 0 Å². The van der Waals surface area contributed by atoms with Gasteiger partial charge in [-0.05, 0) is 36.8 Å². The maximum atomic E-state index is 14.0. The van der Waals surface area contributed by atoms with E-state index in [1.807, 2.05) is 25.1 Å². The van der Waals surface area contributed by atoms with Gasteiger partial charge in [-0.3, -0.25) is 0 Å². The molecule has 1 fully saturated rings. The number of nitrogens with zero attached hydrogens (tertiary/aromatic N) is 5. The second kappa shape index (κ2) is 8.72. The number of nitrogens with one attached hydrogen (secondary N) is 3. The minimum absolute atomic E-state index is 0.271. The van der Waals surface area contributed by atoms with E-state index in [2.05, 4.69) is 41.0 Å². The Morgan fingerprint density at radius 2 is 1.91 bits per heavy atom. The summed E-state index contributed by atoms with van der Waals surface area (Å²) in [6.07, 6.45) is 3.35. The van der Waals surface area contributed by atoms with E-state index in [0.717, 1.165) is 59.7 Å². The Morgan fingerprint density at radius 3 is 2.78 bits per heavy atom. The van der Waals surface area contributed by atoms with Crippen LogP contribution in [0.1, 0.15) is 5.56 Å². The van der Waals surface area contributed by atoms with E-state index in [4.69, 9.17) is 0 Å². The Labute approximate surface area is 184 Å². The minimum atomic E-state index is -0.271. The van der Waals surface area contributed by atoms with Gasteiger partial charge in [0, 0.05) is 37.8 Å². The van der Waals surface area contributed by atoms with Gasteiger partial charge in [0.25, 0.3) is 0 Å². The van der Waals surface area contributed by atoms with E-state index in [1.165, 1.54) is 6.07 Å². The third-order valence-electron chi connectivity index (χ3n) is 5.45. The van der Waals surface area contributed by atoms with Gasteiger partial charge >= 0.3 is 0 Å². The van der Waals surface area contributed by atoms with Gasteiger partial charge in [0.15, 0.2) is 0 Å². The highest BCUT2D eigenvalue weighted by molar-refractivity contribution is 5.93. The molecule has 3 heterocycles. The number of anilines is 5. The van der Waals surface area contributed by atoms with Crippen LogP contribution in [0.5, 0.6) is 0 Å². The first-order chi connectivity index (χ1) is 15.7. The molecule has 32 heavy (non-hydrogen) atoms. The lowest BCUT2D eigenvalue weighted by molar-refractivity contribution is 0.585. The molecule has 0 spiro atoms. The molecule has 0 unspecified atom stereocenters. The molecule has 0 bridgehead atoms. The number of piperazine rings is 1. The molecule has 0 aliphatic carbocycles. The van der Waals surface area contributed by atoms with Gasteiger partial charge in [0.2, 0.25) is 5.95 Å². The molecule has 162 valence electrons. The summed E-state index contributed by atoms with van der Waals surface area (Å²) >= 11 is 0. The smallest absolute Gasteiger partial charge is 0.229 e. The van der Waals surface area contributed by atoms with Crippen LogP contribution in [0, 0.1) is 12.7 Å². The molecule has 0 saturated carbocycles. The third-order valence-corrected chi connectivity index (χ3v) is 5.45. The van der Waals surface area contributed by atoms with Crippen LogP contribution in [0.4, 0.5) is 33.2 Å². The lowest BCUT2D eigenvalue weighted by atomic mass is 10.1. The highest BCUT2D eigenvalue weighted by atomic mass is 19.1. The van der Waals surface area contributed by atoms with Gasteiger partial charge in [-0.1, -0.05) is 18.2 Å². The summed E-state index contributed by atoms with van der Waals surface area (Å²) in [6.45, 7) is 5.34. The predicted octanol–water partition coefficient (Wildman–Crippen LogP) is 3.76. The second-order valence-corrected chi connectivity index (χ2v) is 7.64. The Kier molecular flexibility index (Phi) is 5.47. The highest BCUT2D eigenvalue weighted by Gasteiger charge is 2.16. The van der Waals surface area contributed by atoms with Gasteiger partial charge in [-0.25, -0.2) is 9.37 Å². The summed E-state index contributed by atoms with van der Waals surface area (Å²) in [7, 11) is 0. The van der Waals surface area contributed by atoms with Crippen molar-refractivity contribution < 1.29 is 4.39 Å². The number of fused-ring (bicyclic) bond motifs is 1. The summed E-state index contributed by atoms with van der Waals surface area (Å²) in [5.74, 6) is 0.761. The summed E-state index contributed by atoms with van der Waals surface area (Å²) in [5.41, 5.74) is 4.27. The maximum Gasteiger partial charge on any atom is 0.229 e. The van der Waals surface area contributed by atoms with Crippen LogP contribution >= 0.6 is 0 Å². The summed E-state index contributed by atoms with van der Waals surface area (Å²) < 4.78 is 14.0. The molecule has 9 heteroatoms. The molecule has 1 aliphatic heterocycles. The number of hydrogen-bond acceptors (Lipinski definition) is 8. The van der Waals surface area contributed by atoms with Crippen molar-refractivity contribution in [1.82, 2.24) is 25.5 Å². The molecule has 5 rings (SSSR count). The highest BCUT2D eigenvalue weighted by Crippen LogP contribution is 2.30. The van der Waals surface area contributed by atoms with Crippen LogP contribution in [0.25, 0.3) is 10.9 Å². The fraction of sp³-hybridized carbons (Fsp3) is 0.217. The Morgan fingerprint density at radius 1 is 1.03 bits per heavy atom. The number of rotatable bonds is 5. The molecule has 0 amide bonds. The molecular formula is C23H23FN8. The SMILES string of the molecule is Cc1cccc2c(Nc3ccnc(Nc4ccc(F)cc4N4CCNCC4)n3)cnnc12. The van der Waals surface area contributed by atoms with Crippen molar-refractivity contribution in [2.24, 2.45) is 0 Å². The number of halogens is 1. The van der Waals surface area contributed by atoms with E-state index in [-0.39, 0.29) is 5.82 Å². The molecule has 3 N–H and O–H groups in total. The van der Waals surface area contributed by atoms with Crippen LogP contribution in [0.2, 0.25) is 0 Å². The van der Waals surface area contributed by atoms with Crippen LogP contribution in [-0.2, 0) is 0 Å². The van der Waals surface area contributed by atoms with Gasteiger partial charge in [0.1, 0.15) is 11.6 Å². The van der Waals surface area contributed by atoms with Crippen molar-refractivity contribution >= 4 is 39.7 Å². The number of hydrogen-bond donors (Lipinski definition) is 3. The quantitative estimate of drug-likeness (QED) is 0.441. The van der Waals surface area contributed by atoms with Gasteiger partial charge < -0.3 is 20.9 Å². The third kappa shape index (κ3) is 4.15. The Hall–Kier alpha value is -3.85. The largest absolute Gasteiger partial charge is 0.367 e. The van der Waals surface area contributed by atoms with E-state index >= 15 is 0 Å². The molecule has 4 aromatic rings. The van der Waals surface area contributed by atoms with E-state index in [1.54, 1.807) is 30.6 Å². The zero-order chi connectivity index (χ0) is 21.9. The van der Waals surface area contributed by atoms with Crippen LogP contribution in [-0.4, -0.2) is 46.3 Å². The molecule has 1 aliphatic rings. The first kappa shape index (κ1) is 20.1. The van der Waals surface area contributed by atoms with Crippen molar-refractivity contribution in [2.75, 3.05) is 41.7 Å². The van der Waals surface area contributed by atoms with E-state index in [9.17, 15) is 4.39 Å². The first-order valence-corrected chi connectivity index (χ1v) is 10.5. The van der Waals surface area contributed by atoms with Gasteiger partial charge in [0.05, 0.1) is 28.8 Å². The van der Waals surface area contributed by atoms with Crippen molar-refractivity contribution in [3.8, 4) is 0 Å². The molecule has 8 nitrogen and oxygen atoms in total. The zero-order valence-electron chi connectivity index (χ0n) is 17.6. The molecule has 0 radical (unpaired) electrons. The van der Waals surface area contributed by atoms with Crippen molar-refractivity contribution in [3.05, 3.63) is 66.2 Å². The van der Waals surface area contributed by atoms with Crippen molar-refractivity contribution in [2.45, 2.75) is 6.92 Å². The van der Waals surface area contributed by atoms with Crippen molar-refractivity contribution in [3.63, 3.8) is 0 Å². The monoisotopic (exact) mass is 430 g/mol. The minimum Gasteiger partial charge on any atom is -0.367 e. The normalized spacial score (nSPS) is 13.9. The summed E-state index contributed by atoms with van der Waals surface area (Å²) in [6, 6.07) is 12.5. The number of aryl methyl sites for hydroxylation is 1. The first-order valence-electron chi connectivity index (χ1n) is 10.5. The molecule has 1 saturated heterocycles. The lowest BCUT2D eigenvalue weighted by Crippen LogP contribution is -2.43. The molecule has 2 aromatic carbocycles. The summed E-state index contributed by atoms with van der Waals surface area (Å²) in [5, 5.41) is 19.2. The van der Waals surface area contributed by atoms with Crippen LogP contribution in [0.15, 0.2) is 54.9 Å². The summed E-state index contributed by atoms with van der Waals surface area (Å²) in [4.78, 5) is 11.1.